The molecule has 162 valence electrons. The zero-order chi connectivity index (χ0) is 21.8. The van der Waals surface area contributed by atoms with Crippen molar-refractivity contribution in [2.24, 2.45) is 11.7 Å². The molecule has 1 saturated heterocycles. The molecular weight excluding hydrogens is 411 g/mol. The summed E-state index contributed by atoms with van der Waals surface area (Å²) in [4.78, 5) is 25.4. The van der Waals surface area contributed by atoms with Crippen molar-refractivity contribution in [3.63, 3.8) is 0 Å². The number of aromatic nitrogens is 1. The van der Waals surface area contributed by atoms with Gasteiger partial charge in [0, 0.05) is 49.3 Å². The van der Waals surface area contributed by atoms with Crippen LogP contribution >= 0.6 is 11.9 Å². The number of carbonyl (C=O) groups excluding carboxylic acids is 1. The highest BCUT2D eigenvalue weighted by molar-refractivity contribution is 7.97. The average Bonchev–Trinajstić information content (AvgIpc) is 2.70. The first kappa shape index (κ1) is 24.9. The lowest BCUT2D eigenvalue weighted by Crippen LogP contribution is -2.32. The third-order valence-corrected chi connectivity index (χ3v) is 4.95. The summed E-state index contributed by atoms with van der Waals surface area (Å²) < 4.78 is 41.5. The van der Waals surface area contributed by atoms with Gasteiger partial charge in [-0.3, -0.25) is 9.59 Å². The van der Waals surface area contributed by atoms with Gasteiger partial charge in [0.25, 0.3) is 6.43 Å². The first-order valence-corrected chi connectivity index (χ1v) is 9.55. The maximum absolute atomic E-state index is 12.4. The summed E-state index contributed by atoms with van der Waals surface area (Å²) in [6.45, 7) is 2.51. The molecule has 29 heavy (non-hydrogen) atoms. The Balaban J connectivity index is 0.000000612. The molecule has 2 rings (SSSR count). The summed E-state index contributed by atoms with van der Waals surface area (Å²) in [5, 5.41) is 8.99. The van der Waals surface area contributed by atoms with Crippen molar-refractivity contribution in [2.75, 3.05) is 26.2 Å². The highest BCUT2D eigenvalue weighted by Gasteiger charge is 2.24. The fourth-order valence-electron chi connectivity index (χ4n) is 2.15. The minimum atomic E-state index is -2.79. The van der Waals surface area contributed by atoms with Crippen molar-refractivity contribution < 1.29 is 32.6 Å². The molecule has 1 aromatic rings. The number of pyridine rings is 1. The molecule has 1 aliphatic rings. The number of carboxylic acids is 1. The second-order valence-electron chi connectivity index (χ2n) is 6.14. The average molecular weight is 435 g/mol. The van der Waals surface area contributed by atoms with Crippen LogP contribution in [0.15, 0.2) is 35.1 Å². The quantitative estimate of drug-likeness (QED) is 0.601. The Bertz CT molecular complexity index is 681. The lowest BCUT2D eigenvalue weighted by Gasteiger charge is -2.28. The van der Waals surface area contributed by atoms with E-state index in [1.165, 1.54) is 0 Å². The normalized spacial score (nSPS) is 15.6. The van der Waals surface area contributed by atoms with Gasteiger partial charge in [0.05, 0.1) is 12.2 Å². The van der Waals surface area contributed by atoms with E-state index in [1.807, 2.05) is 6.07 Å². The Morgan fingerprint density at radius 1 is 1.41 bits per heavy atom. The Kier molecular flexibility index (Phi) is 11.3. The number of nitrogens with two attached hydrogens (primary N) is 1. The molecule has 0 spiro atoms. The molecule has 0 unspecified atom stereocenters. The van der Waals surface area contributed by atoms with Crippen LogP contribution in [-0.4, -0.2) is 58.8 Å². The first-order chi connectivity index (χ1) is 13.8. The smallest absolute Gasteiger partial charge is 0.306 e. The van der Waals surface area contributed by atoms with Gasteiger partial charge in [-0.05, 0) is 30.9 Å². The van der Waals surface area contributed by atoms with Gasteiger partial charge < -0.3 is 15.6 Å². The molecule has 0 atom stereocenters. The monoisotopic (exact) mass is 435 g/mol. The molecule has 0 aromatic carbocycles. The fourth-order valence-corrected chi connectivity index (χ4v) is 3.07. The van der Waals surface area contributed by atoms with E-state index in [9.17, 15) is 22.8 Å². The molecule has 0 radical (unpaired) electrons. The van der Waals surface area contributed by atoms with Crippen molar-refractivity contribution in [3.8, 4) is 5.88 Å². The number of ether oxygens (including phenoxy) is 1. The molecule has 2 heterocycles. The summed E-state index contributed by atoms with van der Waals surface area (Å²) in [5.74, 6) is -1.61. The number of halogens is 3. The van der Waals surface area contributed by atoms with E-state index in [-0.39, 0.29) is 19.1 Å². The summed E-state index contributed by atoms with van der Waals surface area (Å²) in [7, 11) is 0. The summed E-state index contributed by atoms with van der Waals surface area (Å²) >= 11 is 1.55. The SMILES string of the molecule is CC(=O)C(F)F.NC/C(=C\F)COc1ccc(SN2CCC(C(=O)O)CC2)cn1. The second-order valence-corrected chi connectivity index (χ2v) is 7.31. The van der Waals surface area contributed by atoms with Crippen LogP contribution in [0.1, 0.15) is 19.8 Å². The molecule has 0 aliphatic carbocycles. The predicted molar refractivity (Wildman–Crippen MR) is 102 cm³/mol. The van der Waals surface area contributed by atoms with Gasteiger partial charge >= 0.3 is 5.97 Å². The van der Waals surface area contributed by atoms with Gasteiger partial charge in [-0.2, -0.15) is 0 Å². The Hall–Kier alpha value is -2.11. The van der Waals surface area contributed by atoms with Crippen LogP contribution in [-0.2, 0) is 9.59 Å². The summed E-state index contributed by atoms with van der Waals surface area (Å²) in [6.07, 6.45) is 0.670. The number of piperidine rings is 1. The third-order valence-electron chi connectivity index (χ3n) is 3.88. The number of carboxylic acid groups (broad SMARTS) is 1. The van der Waals surface area contributed by atoms with Crippen LogP contribution in [0.4, 0.5) is 13.2 Å². The third kappa shape index (κ3) is 9.77. The van der Waals surface area contributed by atoms with Crippen LogP contribution in [0.5, 0.6) is 5.88 Å². The maximum Gasteiger partial charge on any atom is 0.306 e. The van der Waals surface area contributed by atoms with Gasteiger partial charge in [-0.15, -0.1) is 0 Å². The molecular formula is C18H24F3N3O4S. The van der Waals surface area contributed by atoms with Crippen LogP contribution in [0.25, 0.3) is 0 Å². The number of Topliss-reactive ketones (excluding diaryl/α,β-unsaturated/α-hetero) is 1. The zero-order valence-electron chi connectivity index (χ0n) is 15.9. The van der Waals surface area contributed by atoms with E-state index in [0.717, 1.165) is 24.9 Å². The van der Waals surface area contributed by atoms with E-state index in [1.54, 1.807) is 24.2 Å². The molecule has 3 N–H and O–H groups in total. The second kappa shape index (κ2) is 13.2. The number of nitrogens with zero attached hydrogens (tertiary/aromatic N) is 2. The van der Waals surface area contributed by atoms with Gasteiger partial charge in [0.2, 0.25) is 5.88 Å². The molecule has 0 saturated carbocycles. The van der Waals surface area contributed by atoms with Crippen molar-refractivity contribution in [1.82, 2.24) is 9.29 Å². The van der Waals surface area contributed by atoms with E-state index in [2.05, 4.69) is 9.29 Å². The molecule has 0 bridgehead atoms. The van der Waals surface area contributed by atoms with Crippen molar-refractivity contribution in [1.29, 1.82) is 0 Å². The number of hydrogen-bond acceptors (Lipinski definition) is 7. The molecule has 7 nitrogen and oxygen atoms in total. The van der Waals surface area contributed by atoms with Crippen molar-refractivity contribution in [2.45, 2.75) is 31.1 Å². The Labute approximate surface area is 171 Å². The highest BCUT2D eigenvalue weighted by atomic mass is 32.2. The van der Waals surface area contributed by atoms with E-state index in [0.29, 0.717) is 30.6 Å². The minimum Gasteiger partial charge on any atom is -0.481 e. The Morgan fingerprint density at radius 3 is 2.45 bits per heavy atom. The van der Waals surface area contributed by atoms with E-state index >= 15 is 0 Å². The van der Waals surface area contributed by atoms with Crippen LogP contribution in [0.3, 0.4) is 0 Å². The van der Waals surface area contributed by atoms with Gasteiger partial charge in [0.15, 0.2) is 5.78 Å². The number of alkyl halides is 2. The lowest BCUT2D eigenvalue weighted by atomic mass is 9.99. The van der Waals surface area contributed by atoms with Crippen molar-refractivity contribution >= 4 is 23.7 Å². The van der Waals surface area contributed by atoms with Crippen LogP contribution < -0.4 is 10.5 Å². The largest absolute Gasteiger partial charge is 0.481 e. The molecule has 11 heteroatoms. The van der Waals surface area contributed by atoms with Crippen LogP contribution in [0.2, 0.25) is 0 Å². The summed E-state index contributed by atoms with van der Waals surface area (Å²) in [6, 6.07) is 3.59. The maximum atomic E-state index is 12.4. The van der Waals surface area contributed by atoms with E-state index in [4.69, 9.17) is 15.6 Å². The zero-order valence-corrected chi connectivity index (χ0v) is 16.7. The first-order valence-electron chi connectivity index (χ1n) is 8.78. The Morgan fingerprint density at radius 2 is 2.03 bits per heavy atom. The molecule has 1 aliphatic heterocycles. The number of aliphatic carboxylic acids is 1. The molecule has 1 aromatic heterocycles. The predicted octanol–water partition coefficient (Wildman–Crippen LogP) is 2.92. The van der Waals surface area contributed by atoms with E-state index < -0.39 is 18.2 Å². The number of hydrogen-bond donors (Lipinski definition) is 2. The van der Waals surface area contributed by atoms with Crippen LogP contribution in [0, 0.1) is 5.92 Å². The fraction of sp³-hybridized carbons (Fsp3) is 0.500. The summed E-state index contributed by atoms with van der Waals surface area (Å²) in [5.41, 5.74) is 5.72. The van der Waals surface area contributed by atoms with Gasteiger partial charge in [-0.25, -0.2) is 22.5 Å². The molecule has 1 fully saturated rings. The number of ketones is 1. The van der Waals surface area contributed by atoms with Gasteiger partial charge in [0.1, 0.15) is 6.61 Å². The standard InChI is InChI=1S/C15H20FN3O3S.C3H4F2O/c16-7-11(8-17)10-22-14-2-1-13(9-18-14)23-19-5-3-12(4-6-19)15(20)21;1-2(6)3(4)5/h1-2,7,9,12H,3-6,8,10,17H2,(H,20,21);3H,1H3/b11-7+;. The van der Waals surface area contributed by atoms with Crippen molar-refractivity contribution in [3.05, 3.63) is 30.2 Å². The number of rotatable bonds is 8. The number of carbonyl (C=O) groups is 2. The topological polar surface area (TPSA) is 106 Å². The molecule has 0 amide bonds. The minimum absolute atomic E-state index is 0.0786. The van der Waals surface area contributed by atoms with Gasteiger partial charge in [-0.1, -0.05) is 0 Å². The highest BCUT2D eigenvalue weighted by Crippen LogP contribution is 2.28. The lowest BCUT2D eigenvalue weighted by molar-refractivity contribution is -0.142.